The Bertz CT molecular complexity index is 705. The van der Waals surface area contributed by atoms with E-state index in [9.17, 15) is 19.7 Å². The molecule has 1 atom stereocenters. The highest BCUT2D eigenvalue weighted by Crippen LogP contribution is 2.27. The number of nitrogens with zero attached hydrogens (tertiary/aromatic N) is 2. The highest BCUT2D eigenvalue weighted by Gasteiger charge is 2.32. The highest BCUT2D eigenvalue weighted by atomic mass is 32.2. The van der Waals surface area contributed by atoms with E-state index < -0.39 is 16.1 Å². The molecule has 1 fully saturated rings. The number of thioether (sulfide) groups is 1. The molecule has 0 aliphatic carbocycles. The van der Waals surface area contributed by atoms with Gasteiger partial charge in [-0.3, -0.25) is 24.7 Å². The van der Waals surface area contributed by atoms with Crippen LogP contribution in [-0.4, -0.2) is 33.7 Å². The Morgan fingerprint density at radius 1 is 1.50 bits per heavy atom. The van der Waals surface area contributed by atoms with Gasteiger partial charge < -0.3 is 10.6 Å². The molecule has 0 saturated carbocycles. The fourth-order valence-corrected chi connectivity index (χ4v) is 3.09. The fourth-order valence-electron chi connectivity index (χ4n) is 2.10. The van der Waals surface area contributed by atoms with Crippen LogP contribution in [0.2, 0.25) is 0 Å². The molecule has 0 unspecified atom stereocenters. The summed E-state index contributed by atoms with van der Waals surface area (Å²) in [5.41, 5.74) is 0.679. The standard InChI is InChI=1S/C15H18N4O4S/c1-3-6-16-15-18-14(21)12(24-15)8-13(20)17-10-5-4-9(2)7-11(10)19(22)23/h4-5,7,12H,3,6,8H2,1-2H3,(H,17,20)(H,16,18,21)/t12-/m1/s1. The summed E-state index contributed by atoms with van der Waals surface area (Å²) in [6.07, 6.45) is 0.787. The molecule has 9 heteroatoms. The van der Waals surface area contributed by atoms with Crippen LogP contribution in [0, 0.1) is 17.0 Å². The molecule has 2 rings (SSSR count). The van der Waals surface area contributed by atoms with E-state index >= 15 is 0 Å². The molecule has 1 aliphatic heterocycles. The lowest BCUT2D eigenvalue weighted by atomic mass is 10.2. The van der Waals surface area contributed by atoms with Crippen molar-refractivity contribution < 1.29 is 14.5 Å². The molecule has 8 nitrogen and oxygen atoms in total. The van der Waals surface area contributed by atoms with Gasteiger partial charge in [-0.25, -0.2) is 0 Å². The van der Waals surface area contributed by atoms with E-state index in [-0.39, 0.29) is 23.7 Å². The minimum atomic E-state index is -0.579. The largest absolute Gasteiger partial charge is 0.320 e. The monoisotopic (exact) mass is 350 g/mol. The summed E-state index contributed by atoms with van der Waals surface area (Å²) >= 11 is 1.21. The zero-order valence-corrected chi connectivity index (χ0v) is 14.2. The van der Waals surface area contributed by atoms with Gasteiger partial charge in [0.05, 0.1) is 4.92 Å². The number of nitrogens with one attached hydrogen (secondary N) is 2. The summed E-state index contributed by atoms with van der Waals surface area (Å²) in [6.45, 7) is 4.32. The summed E-state index contributed by atoms with van der Waals surface area (Å²) in [5.74, 6) is -0.727. The lowest BCUT2D eigenvalue weighted by Gasteiger charge is -2.08. The topological polar surface area (TPSA) is 114 Å². The molecule has 24 heavy (non-hydrogen) atoms. The molecular formula is C15H18N4O4S. The van der Waals surface area contributed by atoms with Gasteiger partial charge >= 0.3 is 0 Å². The number of aryl methyl sites for hydroxylation is 1. The Morgan fingerprint density at radius 2 is 2.25 bits per heavy atom. The molecule has 2 amide bonds. The van der Waals surface area contributed by atoms with Crippen molar-refractivity contribution in [3.8, 4) is 0 Å². The van der Waals surface area contributed by atoms with Crippen molar-refractivity contribution in [3.63, 3.8) is 0 Å². The van der Waals surface area contributed by atoms with Gasteiger partial charge in [0.25, 0.3) is 5.69 Å². The number of nitro groups is 1. The SMILES string of the molecule is CCCN=C1NC(=O)[C@@H](CC(=O)Nc2ccc(C)cc2[N+](=O)[O-])S1. The Labute approximate surface area is 143 Å². The lowest BCUT2D eigenvalue weighted by molar-refractivity contribution is -0.384. The highest BCUT2D eigenvalue weighted by molar-refractivity contribution is 8.15. The zero-order valence-electron chi connectivity index (χ0n) is 13.4. The van der Waals surface area contributed by atoms with E-state index in [1.807, 2.05) is 6.92 Å². The molecule has 1 aromatic carbocycles. The van der Waals surface area contributed by atoms with Crippen LogP contribution >= 0.6 is 11.8 Å². The minimum absolute atomic E-state index is 0.0767. The van der Waals surface area contributed by atoms with Crippen molar-refractivity contribution in [2.75, 3.05) is 11.9 Å². The number of hydrogen-bond donors (Lipinski definition) is 2. The van der Waals surface area contributed by atoms with Crippen LogP contribution in [0.5, 0.6) is 0 Å². The third-order valence-electron chi connectivity index (χ3n) is 3.25. The Kier molecular flexibility index (Phi) is 5.91. The third kappa shape index (κ3) is 4.54. The van der Waals surface area contributed by atoms with E-state index in [1.54, 1.807) is 13.0 Å². The first-order valence-corrected chi connectivity index (χ1v) is 8.35. The molecule has 0 bridgehead atoms. The zero-order chi connectivity index (χ0) is 17.7. The molecule has 0 aromatic heterocycles. The van der Waals surface area contributed by atoms with Crippen LogP contribution in [0.3, 0.4) is 0 Å². The van der Waals surface area contributed by atoms with Gasteiger partial charge in [-0.05, 0) is 25.0 Å². The minimum Gasteiger partial charge on any atom is -0.320 e. The predicted molar refractivity (Wildman–Crippen MR) is 93.2 cm³/mol. The predicted octanol–water partition coefficient (Wildman–Crippen LogP) is 2.23. The van der Waals surface area contributed by atoms with E-state index in [0.717, 1.165) is 12.0 Å². The van der Waals surface area contributed by atoms with Crippen LogP contribution in [0.1, 0.15) is 25.3 Å². The number of amidine groups is 1. The molecule has 1 saturated heterocycles. The Morgan fingerprint density at radius 3 is 2.92 bits per heavy atom. The van der Waals surface area contributed by atoms with E-state index in [4.69, 9.17) is 0 Å². The number of nitro benzene ring substituents is 1. The molecular weight excluding hydrogens is 332 g/mol. The number of rotatable bonds is 6. The van der Waals surface area contributed by atoms with E-state index in [1.165, 1.54) is 23.9 Å². The first kappa shape index (κ1) is 17.9. The maximum Gasteiger partial charge on any atom is 0.293 e. The van der Waals surface area contributed by atoms with Crippen molar-refractivity contribution >= 4 is 40.1 Å². The summed E-state index contributed by atoms with van der Waals surface area (Å²) in [4.78, 5) is 38.7. The fraction of sp³-hybridized carbons (Fsp3) is 0.400. The van der Waals surface area contributed by atoms with Crippen molar-refractivity contribution in [3.05, 3.63) is 33.9 Å². The normalized spacial score (nSPS) is 18.5. The van der Waals surface area contributed by atoms with Crippen molar-refractivity contribution in [1.82, 2.24) is 5.32 Å². The number of amides is 2. The van der Waals surface area contributed by atoms with Gasteiger partial charge in [0, 0.05) is 19.0 Å². The van der Waals surface area contributed by atoms with Crippen molar-refractivity contribution in [1.29, 1.82) is 0 Å². The maximum atomic E-state index is 12.1. The molecule has 128 valence electrons. The van der Waals surface area contributed by atoms with Crippen LogP contribution in [0.15, 0.2) is 23.2 Å². The number of carbonyl (C=O) groups is 2. The smallest absolute Gasteiger partial charge is 0.293 e. The van der Waals surface area contributed by atoms with Crippen molar-refractivity contribution in [2.24, 2.45) is 4.99 Å². The maximum absolute atomic E-state index is 12.1. The van der Waals surface area contributed by atoms with Crippen LogP contribution in [-0.2, 0) is 9.59 Å². The van der Waals surface area contributed by atoms with Gasteiger partial charge in [0.2, 0.25) is 11.8 Å². The van der Waals surface area contributed by atoms with Crippen LogP contribution in [0.4, 0.5) is 11.4 Å². The average Bonchev–Trinajstić information content (AvgIpc) is 2.86. The van der Waals surface area contributed by atoms with Crippen molar-refractivity contribution in [2.45, 2.75) is 31.9 Å². The number of aliphatic imine (C=N–C) groups is 1. The molecule has 1 heterocycles. The number of benzene rings is 1. The van der Waals surface area contributed by atoms with Crippen LogP contribution in [0.25, 0.3) is 0 Å². The van der Waals surface area contributed by atoms with Gasteiger partial charge in [0.1, 0.15) is 10.9 Å². The van der Waals surface area contributed by atoms with Gasteiger partial charge in [-0.15, -0.1) is 0 Å². The average molecular weight is 350 g/mol. The second-order valence-corrected chi connectivity index (χ2v) is 6.50. The van der Waals surface area contributed by atoms with E-state index in [2.05, 4.69) is 15.6 Å². The third-order valence-corrected chi connectivity index (χ3v) is 4.37. The van der Waals surface area contributed by atoms with Gasteiger partial charge in [0.15, 0.2) is 5.17 Å². The molecule has 0 radical (unpaired) electrons. The Balaban J connectivity index is 2.02. The Hall–Kier alpha value is -2.42. The summed E-state index contributed by atoms with van der Waals surface area (Å²) in [5, 5.41) is 16.1. The molecule has 0 spiro atoms. The van der Waals surface area contributed by atoms with Gasteiger partial charge in [-0.2, -0.15) is 0 Å². The van der Waals surface area contributed by atoms with Gasteiger partial charge in [-0.1, -0.05) is 24.8 Å². The number of carbonyl (C=O) groups excluding carboxylic acids is 2. The summed E-state index contributed by atoms with van der Waals surface area (Å²) in [7, 11) is 0. The van der Waals surface area contributed by atoms with E-state index in [0.29, 0.717) is 11.7 Å². The molecule has 1 aliphatic rings. The molecule has 2 N–H and O–H groups in total. The van der Waals surface area contributed by atoms with Crippen LogP contribution < -0.4 is 10.6 Å². The second kappa shape index (κ2) is 7.91. The number of anilines is 1. The molecule has 1 aromatic rings. The summed E-state index contributed by atoms with van der Waals surface area (Å²) in [6, 6.07) is 4.55. The quantitative estimate of drug-likeness (QED) is 0.603. The summed E-state index contributed by atoms with van der Waals surface area (Å²) < 4.78 is 0. The number of hydrogen-bond acceptors (Lipinski definition) is 6. The lowest BCUT2D eigenvalue weighted by Crippen LogP contribution is -2.28. The first-order valence-electron chi connectivity index (χ1n) is 7.47. The first-order chi connectivity index (χ1) is 11.4. The second-order valence-electron chi connectivity index (χ2n) is 5.31.